The van der Waals surface area contributed by atoms with Crippen LogP contribution in [0.2, 0.25) is 0 Å². The molecular weight excluding hydrogens is 472 g/mol. The molecule has 0 nitrogen and oxygen atoms in total. The first kappa shape index (κ1) is 24.5. The lowest BCUT2D eigenvalue weighted by Crippen LogP contribution is -2.04. The van der Waals surface area contributed by atoms with Gasteiger partial charge in [0.1, 0.15) is 5.82 Å². The van der Waals surface area contributed by atoms with Gasteiger partial charge in [0.2, 0.25) is 0 Å². The zero-order valence-electron chi connectivity index (χ0n) is 20.0. The van der Waals surface area contributed by atoms with Crippen molar-refractivity contribution in [2.45, 2.75) is 19.0 Å². The Morgan fingerprint density at radius 3 is 1.97 bits per heavy atom. The second-order valence-corrected chi connectivity index (χ2v) is 9.04. The molecule has 0 fully saturated rings. The van der Waals surface area contributed by atoms with E-state index in [-0.39, 0.29) is 5.56 Å². The molecule has 0 aliphatic carbocycles. The molecular formula is C33H24F4. The normalized spacial score (nSPS) is 11.6. The summed E-state index contributed by atoms with van der Waals surface area (Å²) in [5, 5.41) is 2.33. The van der Waals surface area contributed by atoms with Gasteiger partial charge in [-0.15, -0.1) is 6.58 Å². The molecule has 0 unspecified atom stereocenters. The van der Waals surface area contributed by atoms with Crippen molar-refractivity contribution in [3.05, 3.63) is 133 Å². The number of hydrogen-bond acceptors (Lipinski definition) is 0. The Bertz CT molecular complexity index is 1560. The zero-order valence-corrected chi connectivity index (χ0v) is 20.0. The first-order valence-corrected chi connectivity index (χ1v) is 12.0. The molecule has 0 saturated heterocycles. The lowest BCUT2D eigenvalue weighted by molar-refractivity contribution is -0.137. The summed E-state index contributed by atoms with van der Waals surface area (Å²) in [5.74, 6) is -0.483. The van der Waals surface area contributed by atoms with Crippen molar-refractivity contribution in [2.75, 3.05) is 0 Å². The van der Waals surface area contributed by atoms with Crippen molar-refractivity contribution in [1.29, 1.82) is 0 Å². The quantitative estimate of drug-likeness (QED) is 0.162. The SMILES string of the molecule is C=CCCc1ccc2cc(-c3ccc(-c4cccc(F)c4-c4ccc(C(F)(F)F)cc4)cc3)ccc2c1. The predicted molar refractivity (Wildman–Crippen MR) is 144 cm³/mol. The summed E-state index contributed by atoms with van der Waals surface area (Å²) in [4.78, 5) is 0. The van der Waals surface area contributed by atoms with Crippen LogP contribution in [0.4, 0.5) is 17.6 Å². The van der Waals surface area contributed by atoms with Gasteiger partial charge < -0.3 is 0 Å². The third-order valence-corrected chi connectivity index (χ3v) is 6.59. The molecule has 37 heavy (non-hydrogen) atoms. The highest BCUT2D eigenvalue weighted by atomic mass is 19.4. The zero-order chi connectivity index (χ0) is 26.0. The number of benzene rings is 5. The van der Waals surface area contributed by atoms with Crippen molar-refractivity contribution in [3.8, 4) is 33.4 Å². The van der Waals surface area contributed by atoms with Crippen LogP contribution >= 0.6 is 0 Å². The standard InChI is InChI=1S/C33H24F4/c1-2-3-5-22-8-9-28-21-27(15-14-26(28)20-22)23-10-12-24(13-11-23)30-6-4-7-31(34)32(30)25-16-18-29(19-17-25)33(35,36)37/h2,4,6-21H,1,3,5H2. The molecule has 5 rings (SSSR count). The second-order valence-electron chi connectivity index (χ2n) is 9.04. The molecule has 5 aromatic carbocycles. The van der Waals surface area contributed by atoms with Gasteiger partial charge in [-0.1, -0.05) is 84.9 Å². The minimum absolute atomic E-state index is 0.280. The van der Waals surface area contributed by atoms with Gasteiger partial charge in [0, 0.05) is 5.56 Å². The molecule has 0 amide bonds. The van der Waals surface area contributed by atoms with Crippen molar-refractivity contribution < 1.29 is 17.6 Å². The summed E-state index contributed by atoms with van der Waals surface area (Å²) in [6, 6.07) is 30.0. The highest BCUT2D eigenvalue weighted by Crippen LogP contribution is 2.37. The maximum Gasteiger partial charge on any atom is 0.416 e. The van der Waals surface area contributed by atoms with E-state index in [2.05, 4.69) is 43.0 Å². The molecule has 0 saturated carbocycles. The number of halogens is 4. The Morgan fingerprint density at radius 2 is 1.27 bits per heavy atom. The lowest BCUT2D eigenvalue weighted by Gasteiger charge is -2.13. The predicted octanol–water partition coefficient (Wildman–Crippen LogP) is 10.1. The van der Waals surface area contributed by atoms with Gasteiger partial charge in [0.05, 0.1) is 5.56 Å². The smallest absolute Gasteiger partial charge is 0.206 e. The Labute approximate surface area is 213 Å². The van der Waals surface area contributed by atoms with Crippen molar-refractivity contribution in [1.82, 2.24) is 0 Å². The summed E-state index contributed by atoms with van der Waals surface area (Å²) in [7, 11) is 0. The van der Waals surface area contributed by atoms with E-state index in [1.807, 2.05) is 30.3 Å². The Kier molecular flexibility index (Phi) is 6.66. The Morgan fingerprint density at radius 1 is 0.649 bits per heavy atom. The van der Waals surface area contributed by atoms with E-state index in [0.29, 0.717) is 11.1 Å². The van der Waals surface area contributed by atoms with Crippen molar-refractivity contribution in [3.63, 3.8) is 0 Å². The van der Waals surface area contributed by atoms with Gasteiger partial charge in [-0.3, -0.25) is 0 Å². The van der Waals surface area contributed by atoms with Crippen molar-refractivity contribution >= 4 is 10.8 Å². The van der Waals surface area contributed by atoms with Gasteiger partial charge >= 0.3 is 6.18 Å². The molecule has 0 radical (unpaired) electrons. The molecule has 0 heterocycles. The molecule has 4 heteroatoms. The van der Waals surface area contributed by atoms with Gasteiger partial charge in [0.25, 0.3) is 0 Å². The monoisotopic (exact) mass is 496 g/mol. The second kappa shape index (κ2) is 10.1. The van der Waals surface area contributed by atoms with E-state index in [0.717, 1.165) is 47.1 Å². The molecule has 0 N–H and O–H groups in total. The molecule has 0 aromatic heterocycles. The van der Waals surface area contributed by atoms with Crippen LogP contribution in [0.15, 0.2) is 116 Å². The molecule has 0 aliphatic heterocycles. The van der Waals surface area contributed by atoms with E-state index in [1.165, 1.54) is 29.1 Å². The van der Waals surface area contributed by atoms with Crippen LogP contribution in [0.3, 0.4) is 0 Å². The fraction of sp³-hybridized carbons (Fsp3) is 0.0909. The number of aryl methyl sites for hydroxylation is 1. The molecule has 0 atom stereocenters. The van der Waals surface area contributed by atoms with E-state index in [4.69, 9.17) is 0 Å². The van der Waals surface area contributed by atoms with Crippen LogP contribution in [0.5, 0.6) is 0 Å². The molecule has 184 valence electrons. The third kappa shape index (κ3) is 5.19. The van der Waals surface area contributed by atoms with Gasteiger partial charge in [-0.05, 0) is 81.3 Å². The van der Waals surface area contributed by atoms with E-state index >= 15 is 0 Å². The minimum atomic E-state index is -4.44. The average molecular weight is 497 g/mol. The summed E-state index contributed by atoms with van der Waals surface area (Å²) in [6.45, 7) is 3.79. The fourth-order valence-electron chi connectivity index (χ4n) is 4.63. The van der Waals surface area contributed by atoms with Crippen molar-refractivity contribution in [2.24, 2.45) is 0 Å². The van der Waals surface area contributed by atoms with Crippen LogP contribution in [0.25, 0.3) is 44.2 Å². The molecule has 5 aromatic rings. The number of fused-ring (bicyclic) bond motifs is 1. The summed E-state index contributed by atoms with van der Waals surface area (Å²) < 4.78 is 53.9. The summed E-state index contributed by atoms with van der Waals surface area (Å²) in [6.07, 6.45) is -0.602. The maximum absolute atomic E-state index is 14.9. The average Bonchev–Trinajstić information content (AvgIpc) is 2.91. The number of alkyl halides is 3. The first-order chi connectivity index (χ1) is 17.8. The molecule has 0 spiro atoms. The Balaban J connectivity index is 1.46. The van der Waals surface area contributed by atoms with Gasteiger partial charge in [-0.2, -0.15) is 13.2 Å². The fourth-order valence-corrected chi connectivity index (χ4v) is 4.63. The van der Waals surface area contributed by atoms with E-state index < -0.39 is 17.6 Å². The van der Waals surface area contributed by atoms with Crippen LogP contribution < -0.4 is 0 Å². The van der Waals surface area contributed by atoms with Crippen LogP contribution in [0, 0.1) is 5.82 Å². The summed E-state index contributed by atoms with van der Waals surface area (Å²) >= 11 is 0. The highest BCUT2D eigenvalue weighted by molar-refractivity contribution is 5.89. The van der Waals surface area contributed by atoms with E-state index in [1.54, 1.807) is 12.1 Å². The van der Waals surface area contributed by atoms with Gasteiger partial charge in [-0.25, -0.2) is 4.39 Å². The minimum Gasteiger partial charge on any atom is -0.206 e. The van der Waals surface area contributed by atoms with Crippen LogP contribution in [-0.2, 0) is 12.6 Å². The maximum atomic E-state index is 14.9. The van der Waals surface area contributed by atoms with Crippen LogP contribution in [-0.4, -0.2) is 0 Å². The number of allylic oxidation sites excluding steroid dienone is 1. The third-order valence-electron chi connectivity index (χ3n) is 6.59. The number of hydrogen-bond donors (Lipinski definition) is 0. The first-order valence-electron chi connectivity index (χ1n) is 12.0. The topological polar surface area (TPSA) is 0 Å². The van der Waals surface area contributed by atoms with E-state index in [9.17, 15) is 17.6 Å². The molecule has 0 aliphatic rings. The highest BCUT2D eigenvalue weighted by Gasteiger charge is 2.30. The lowest BCUT2D eigenvalue weighted by atomic mass is 9.92. The van der Waals surface area contributed by atoms with Crippen LogP contribution in [0.1, 0.15) is 17.5 Å². The number of rotatable bonds is 6. The Hall–Kier alpha value is -4.18. The molecule has 0 bridgehead atoms. The van der Waals surface area contributed by atoms with Gasteiger partial charge in [0.15, 0.2) is 0 Å². The summed E-state index contributed by atoms with van der Waals surface area (Å²) in [5.41, 5.74) is 4.69. The largest absolute Gasteiger partial charge is 0.416 e.